The Balaban J connectivity index is 1.46. The monoisotopic (exact) mass is 468 g/mol. The molecule has 174 valence electrons. The minimum Gasteiger partial charge on any atom is -0.368 e. The van der Waals surface area contributed by atoms with Crippen LogP contribution in [0.1, 0.15) is 15.9 Å². The number of carbonyl (C=O) groups excluding carboxylic acids is 2. The van der Waals surface area contributed by atoms with Crippen molar-refractivity contribution in [1.29, 1.82) is 0 Å². The molecule has 0 unspecified atom stereocenters. The van der Waals surface area contributed by atoms with Gasteiger partial charge < -0.3 is 11.1 Å². The smallest absolute Gasteiger partial charge is 0.253 e. The Morgan fingerprint density at radius 2 is 1.00 bits per heavy atom. The van der Waals surface area contributed by atoms with Gasteiger partial charge in [-0.1, -0.05) is 97.1 Å². The van der Waals surface area contributed by atoms with E-state index in [2.05, 4.69) is 41.7 Å². The number of primary amides is 1. The maximum atomic E-state index is 13.8. The van der Waals surface area contributed by atoms with Gasteiger partial charge in [-0.25, -0.2) is 0 Å². The molecule has 4 heteroatoms. The molecule has 0 aliphatic carbocycles. The fourth-order valence-electron chi connectivity index (χ4n) is 5.24. The molecule has 0 bridgehead atoms. The van der Waals surface area contributed by atoms with Crippen molar-refractivity contribution in [1.82, 2.24) is 5.32 Å². The fourth-order valence-corrected chi connectivity index (χ4v) is 5.24. The number of benzene rings is 6. The van der Waals surface area contributed by atoms with Crippen molar-refractivity contribution in [3.63, 3.8) is 0 Å². The Labute approximate surface area is 208 Å². The second-order valence-corrected chi connectivity index (χ2v) is 9.12. The molecule has 0 saturated carbocycles. The quantitative estimate of drug-likeness (QED) is 0.299. The predicted octanol–water partition coefficient (Wildman–Crippen LogP) is 6.13. The molecule has 0 aliphatic rings. The largest absolute Gasteiger partial charge is 0.368 e. The Kier molecular flexibility index (Phi) is 5.34. The van der Waals surface area contributed by atoms with Gasteiger partial charge in [0.05, 0.1) is 5.56 Å². The minimum absolute atomic E-state index is 0.297. The number of carbonyl (C=O) groups is 2. The van der Waals surface area contributed by atoms with E-state index in [1.807, 2.05) is 72.8 Å². The summed E-state index contributed by atoms with van der Waals surface area (Å²) in [4.78, 5) is 26.5. The molecule has 0 heterocycles. The average Bonchev–Trinajstić information content (AvgIpc) is 2.90. The molecule has 6 aromatic rings. The molecule has 36 heavy (non-hydrogen) atoms. The van der Waals surface area contributed by atoms with Gasteiger partial charge in [-0.2, -0.15) is 0 Å². The van der Waals surface area contributed by atoms with E-state index in [0.717, 1.165) is 48.7 Å². The van der Waals surface area contributed by atoms with Crippen molar-refractivity contribution in [3.05, 3.63) is 120 Å². The van der Waals surface area contributed by atoms with E-state index in [1.165, 1.54) is 0 Å². The molecule has 6 aromatic carbocycles. The van der Waals surface area contributed by atoms with Gasteiger partial charge in [-0.3, -0.25) is 9.59 Å². The van der Waals surface area contributed by atoms with Crippen LogP contribution in [0.3, 0.4) is 0 Å². The molecule has 4 nitrogen and oxygen atoms in total. The zero-order chi connectivity index (χ0) is 24.6. The maximum absolute atomic E-state index is 13.8. The lowest BCUT2D eigenvalue weighted by Crippen LogP contribution is -2.46. The van der Waals surface area contributed by atoms with Crippen LogP contribution in [0.5, 0.6) is 0 Å². The van der Waals surface area contributed by atoms with Gasteiger partial charge in [0.2, 0.25) is 5.91 Å². The summed E-state index contributed by atoms with van der Waals surface area (Å²) in [5.41, 5.74) is 7.42. The SMILES string of the molecule is NC(=O)[C@@H](Cc1c2ccccc2cc2ccccc12)NC(=O)c1c2ccccc2cc2ccccc12. The second-order valence-electron chi connectivity index (χ2n) is 9.12. The third-order valence-corrected chi connectivity index (χ3v) is 6.94. The van der Waals surface area contributed by atoms with Crippen LogP contribution >= 0.6 is 0 Å². The lowest BCUT2D eigenvalue weighted by molar-refractivity contribution is -0.119. The molecular weight excluding hydrogens is 444 g/mol. The minimum atomic E-state index is -0.871. The van der Waals surface area contributed by atoms with E-state index in [0.29, 0.717) is 12.0 Å². The molecule has 0 spiro atoms. The molecule has 6 rings (SSSR count). The van der Waals surface area contributed by atoms with Crippen molar-refractivity contribution < 1.29 is 9.59 Å². The molecule has 3 N–H and O–H groups in total. The highest BCUT2D eigenvalue weighted by Gasteiger charge is 2.24. The Hall–Kier alpha value is -4.70. The summed E-state index contributed by atoms with van der Waals surface area (Å²) in [6, 6.07) is 35.2. The van der Waals surface area contributed by atoms with E-state index in [4.69, 9.17) is 5.73 Å². The van der Waals surface area contributed by atoms with Crippen molar-refractivity contribution in [2.45, 2.75) is 12.5 Å². The number of nitrogens with two attached hydrogens (primary N) is 1. The van der Waals surface area contributed by atoms with Crippen LogP contribution in [0, 0.1) is 0 Å². The molecule has 0 aliphatic heterocycles. The van der Waals surface area contributed by atoms with Crippen molar-refractivity contribution in [3.8, 4) is 0 Å². The van der Waals surface area contributed by atoms with Crippen LogP contribution in [0.15, 0.2) is 109 Å². The topological polar surface area (TPSA) is 72.2 Å². The summed E-state index contributed by atoms with van der Waals surface area (Å²) in [5.74, 6) is -0.874. The highest BCUT2D eigenvalue weighted by atomic mass is 16.2. The van der Waals surface area contributed by atoms with Crippen LogP contribution in [0.2, 0.25) is 0 Å². The molecule has 0 fully saturated rings. The van der Waals surface area contributed by atoms with Crippen LogP contribution < -0.4 is 11.1 Å². The summed E-state index contributed by atoms with van der Waals surface area (Å²) >= 11 is 0. The van der Waals surface area contributed by atoms with Gasteiger partial charge in [0.25, 0.3) is 5.91 Å². The average molecular weight is 469 g/mol. The first-order valence-electron chi connectivity index (χ1n) is 12.0. The van der Waals surface area contributed by atoms with Gasteiger partial charge >= 0.3 is 0 Å². The Morgan fingerprint density at radius 1 is 0.611 bits per heavy atom. The zero-order valence-electron chi connectivity index (χ0n) is 19.6. The zero-order valence-corrected chi connectivity index (χ0v) is 19.6. The van der Waals surface area contributed by atoms with Gasteiger partial charge in [0, 0.05) is 6.42 Å². The molecular formula is C32H24N2O2. The number of fused-ring (bicyclic) bond motifs is 4. The number of hydrogen-bond donors (Lipinski definition) is 2. The summed E-state index contributed by atoms with van der Waals surface area (Å²) in [6.07, 6.45) is 0.297. The highest BCUT2D eigenvalue weighted by Crippen LogP contribution is 2.31. The highest BCUT2D eigenvalue weighted by molar-refractivity contribution is 6.18. The number of amides is 2. The predicted molar refractivity (Wildman–Crippen MR) is 147 cm³/mol. The first-order chi connectivity index (χ1) is 17.6. The van der Waals surface area contributed by atoms with Crippen molar-refractivity contribution in [2.75, 3.05) is 0 Å². The first-order valence-corrected chi connectivity index (χ1v) is 12.0. The summed E-state index contributed by atoms with van der Waals surface area (Å²) in [6.45, 7) is 0. The second kappa shape index (κ2) is 8.82. The van der Waals surface area contributed by atoms with Crippen LogP contribution in [0.25, 0.3) is 43.1 Å². The van der Waals surface area contributed by atoms with Gasteiger partial charge in [-0.15, -0.1) is 0 Å². The van der Waals surface area contributed by atoms with E-state index < -0.39 is 11.9 Å². The molecule has 0 aromatic heterocycles. The normalized spacial score (nSPS) is 12.2. The lowest BCUT2D eigenvalue weighted by Gasteiger charge is -2.20. The fraction of sp³-hybridized carbons (Fsp3) is 0.0625. The summed E-state index contributed by atoms with van der Waals surface area (Å²) in [7, 11) is 0. The lowest BCUT2D eigenvalue weighted by atomic mass is 9.92. The summed E-state index contributed by atoms with van der Waals surface area (Å²) < 4.78 is 0. The van der Waals surface area contributed by atoms with E-state index in [1.54, 1.807) is 0 Å². The Bertz CT molecular complexity index is 1700. The number of rotatable bonds is 5. The molecule has 1 atom stereocenters. The van der Waals surface area contributed by atoms with E-state index in [9.17, 15) is 9.59 Å². The van der Waals surface area contributed by atoms with Crippen molar-refractivity contribution >= 4 is 54.9 Å². The van der Waals surface area contributed by atoms with Crippen LogP contribution in [0.4, 0.5) is 0 Å². The van der Waals surface area contributed by atoms with E-state index in [-0.39, 0.29) is 5.91 Å². The van der Waals surface area contributed by atoms with E-state index >= 15 is 0 Å². The third-order valence-electron chi connectivity index (χ3n) is 6.94. The first kappa shape index (κ1) is 21.8. The van der Waals surface area contributed by atoms with Gasteiger partial charge in [-0.05, 0) is 60.8 Å². The molecule has 2 amide bonds. The molecule has 0 radical (unpaired) electrons. The maximum Gasteiger partial charge on any atom is 0.253 e. The number of hydrogen-bond acceptors (Lipinski definition) is 2. The summed E-state index contributed by atoms with van der Waals surface area (Å²) in [5, 5.41) is 10.9. The number of nitrogens with one attached hydrogen (secondary N) is 1. The van der Waals surface area contributed by atoms with Crippen molar-refractivity contribution in [2.24, 2.45) is 5.73 Å². The van der Waals surface area contributed by atoms with Crippen LogP contribution in [-0.4, -0.2) is 17.9 Å². The van der Waals surface area contributed by atoms with Crippen LogP contribution in [-0.2, 0) is 11.2 Å². The third kappa shape index (κ3) is 3.73. The Morgan fingerprint density at radius 3 is 1.44 bits per heavy atom. The van der Waals surface area contributed by atoms with Gasteiger partial charge in [0.1, 0.15) is 6.04 Å². The molecule has 0 saturated heterocycles. The van der Waals surface area contributed by atoms with Gasteiger partial charge in [0.15, 0.2) is 0 Å². The standard InChI is InChI=1S/C32H24N2O2/c33-31(35)29(19-28-24-13-5-1-9-20(24)17-21-10-2-6-14-25(21)28)34-32(36)30-26-15-7-3-11-22(26)18-23-12-4-8-16-27(23)30/h1-18,29H,19H2,(H2,33,35)(H,34,36)/t29-/m1/s1.